The molecule has 1 fully saturated rings. The highest BCUT2D eigenvalue weighted by Crippen LogP contribution is 2.17. The second-order valence-corrected chi connectivity index (χ2v) is 5.76. The number of carbonyl (C=O) groups is 1. The van der Waals surface area contributed by atoms with E-state index in [2.05, 4.69) is 13.8 Å². The predicted molar refractivity (Wildman–Crippen MR) is 86.2 cm³/mol. The highest BCUT2D eigenvalue weighted by molar-refractivity contribution is 5.91. The molecule has 2 rings (SSSR count). The molecule has 0 spiro atoms. The zero-order valence-corrected chi connectivity index (χ0v) is 13.0. The Morgan fingerprint density at radius 1 is 1.29 bits per heavy atom. The van der Waals surface area contributed by atoms with E-state index >= 15 is 0 Å². The zero-order chi connectivity index (χ0) is 15.1. The minimum Gasteiger partial charge on any atom is -0.494 e. The van der Waals surface area contributed by atoms with Crippen LogP contribution in [0.5, 0.6) is 5.75 Å². The summed E-state index contributed by atoms with van der Waals surface area (Å²) >= 11 is 0. The fraction of sp³-hybridized carbons (Fsp3) is 0.500. The smallest absolute Gasteiger partial charge is 0.246 e. The third-order valence-corrected chi connectivity index (χ3v) is 3.87. The molecule has 0 saturated carbocycles. The molecular formula is C18H25NO2. The molecule has 0 atom stereocenters. The van der Waals surface area contributed by atoms with E-state index in [9.17, 15) is 4.79 Å². The Hall–Kier alpha value is -1.77. The van der Waals surface area contributed by atoms with Gasteiger partial charge in [0.1, 0.15) is 5.75 Å². The van der Waals surface area contributed by atoms with E-state index in [0.29, 0.717) is 0 Å². The molecule has 0 radical (unpaired) electrons. The van der Waals surface area contributed by atoms with Crippen LogP contribution in [0.3, 0.4) is 0 Å². The van der Waals surface area contributed by atoms with Gasteiger partial charge in [-0.3, -0.25) is 4.79 Å². The van der Waals surface area contributed by atoms with Crippen LogP contribution in [0.4, 0.5) is 0 Å². The Morgan fingerprint density at radius 3 is 2.57 bits per heavy atom. The Morgan fingerprint density at radius 2 is 1.95 bits per heavy atom. The van der Waals surface area contributed by atoms with Crippen molar-refractivity contribution in [2.75, 3.05) is 19.7 Å². The molecule has 1 aliphatic heterocycles. The van der Waals surface area contributed by atoms with Crippen LogP contribution in [0.15, 0.2) is 30.3 Å². The molecule has 3 nitrogen and oxygen atoms in total. The largest absolute Gasteiger partial charge is 0.494 e. The molecule has 0 aliphatic carbocycles. The van der Waals surface area contributed by atoms with Crippen LogP contribution in [0, 0.1) is 5.92 Å². The number of piperidine rings is 1. The minimum atomic E-state index is 0.119. The molecule has 0 aromatic heterocycles. The van der Waals surface area contributed by atoms with Crippen molar-refractivity contribution >= 4 is 12.0 Å². The second-order valence-electron chi connectivity index (χ2n) is 5.76. The standard InChI is InChI=1S/C18H25NO2/c1-3-14-21-17-7-4-16(5-8-17)6-9-18(20)19-12-10-15(2)11-13-19/h4-9,15H,3,10-14H2,1-2H3/b9-6+. The van der Waals surface area contributed by atoms with E-state index in [-0.39, 0.29) is 5.91 Å². The van der Waals surface area contributed by atoms with Gasteiger partial charge < -0.3 is 9.64 Å². The van der Waals surface area contributed by atoms with Crippen molar-refractivity contribution < 1.29 is 9.53 Å². The van der Waals surface area contributed by atoms with E-state index in [1.807, 2.05) is 35.2 Å². The summed E-state index contributed by atoms with van der Waals surface area (Å²) in [6.07, 6.45) is 6.79. The van der Waals surface area contributed by atoms with E-state index in [0.717, 1.165) is 56.2 Å². The molecule has 1 aliphatic rings. The summed E-state index contributed by atoms with van der Waals surface area (Å²) in [4.78, 5) is 14.0. The van der Waals surface area contributed by atoms with E-state index in [1.165, 1.54) is 0 Å². The van der Waals surface area contributed by atoms with Gasteiger partial charge in [0.25, 0.3) is 0 Å². The van der Waals surface area contributed by atoms with E-state index < -0.39 is 0 Å². The second kappa shape index (κ2) is 7.87. The number of hydrogen-bond donors (Lipinski definition) is 0. The van der Waals surface area contributed by atoms with Crippen LogP contribution in [0.1, 0.15) is 38.7 Å². The molecule has 0 N–H and O–H groups in total. The summed E-state index contributed by atoms with van der Waals surface area (Å²) in [5.41, 5.74) is 1.03. The van der Waals surface area contributed by atoms with Crippen molar-refractivity contribution in [2.45, 2.75) is 33.1 Å². The van der Waals surface area contributed by atoms with Crippen LogP contribution in [-0.2, 0) is 4.79 Å². The van der Waals surface area contributed by atoms with Gasteiger partial charge in [-0.05, 0) is 49.0 Å². The molecule has 0 bridgehead atoms. The highest BCUT2D eigenvalue weighted by atomic mass is 16.5. The molecule has 1 heterocycles. The minimum absolute atomic E-state index is 0.119. The van der Waals surface area contributed by atoms with E-state index in [4.69, 9.17) is 4.74 Å². The Kier molecular flexibility index (Phi) is 5.85. The summed E-state index contributed by atoms with van der Waals surface area (Å²) in [6, 6.07) is 7.85. The van der Waals surface area contributed by atoms with Crippen molar-refractivity contribution in [3.05, 3.63) is 35.9 Å². The predicted octanol–water partition coefficient (Wildman–Crippen LogP) is 3.75. The van der Waals surface area contributed by atoms with Gasteiger partial charge in [-0.1, -0.05) is 26.0 Å². The number of rotatable bonds is 5. The zero-order valence-electron chi connectivity index (χ0n) is 13.0. The van der Waals surface area contributed by atoms with Gasteiger partial charge in [-0.2, -0.15) is 0 Å². The van der Waals surface area contributed by atoms with E-state index in [1.54, 1.807) is 6.08 Å². The van der Waals surface area contributed by atoms with Gasteiger partial charge in [-0.25, -0.2) is 0 Å². The maximum absolute atomic E-state index is 12.1. The van der Waals surface area contributed by atoms with Gasteiger partial charge in [0.15, 0.2) is 0 Å². The average Bonchev–Trinajstić information content (AvgIpc) is 2.52. The maximum atomic E-state index is 12.1. The number of hydrogen-bond acceptors (Lipinski definition) is 2. The van der Waals surface area contributed by atoms with Crippen LogP contribution >= 0.6 is 0 Å². The normalized spacial score (nSPS) is 16.4. The van der Waals surface area contributed by atoms with Crippen LogP contribution < -0.4 is 4.74 Å². The molecule has 1 aromatic rings. The maximum Gasteiger partial charge on any atom is 0.246 e. The molecule has 114 valence electrons. The van der Waals surface area contributed by atoms with Crippen molar-refractivity contribution in [1.29, 1.82) is 0 Å². The van der Waals surface area contributed by atoms with Gasteiger partial charge in [0.2, 0.25) is 5.91 Å². The summed E-state index contributed by atoms with van der Waals surface area (Å²) in [5, 5.41) is 0. The van der Waals surface area contributed by atoms with Crippen molar-refractivity contribution in [2.24, 2.45) is 5.92 Å². The number of nitrogens with zero attached hydrogens (tertiary/aromatic N) is 1. The first-order valence-electron chi connectivity index (χ1n) is 7.89. The summed E-state index contributed by atoms with van der Waals surface area (Å²) in [6.45, 7) is 6.84. The van der Waals surface area contributed by atoms with Gasteiger partial charge in [0, 0.05) is 19.2 Å². The average molecular weight is 287 g/mol. The third-order valence-electron chi connectivity index (χ3n) is 3.87. The number of amides is 1. The van der Waals surface area contributed by atoms with Crippen molar-refractivity contribution in [3.63, 3.8) is 0 Å². The van der Waals surface area contributed by atoms with Gasteiger partial charge in [0.05, 0.1) is 6.61 Å². The first-order chi connectivity index (χ1) is 10.2. The SMILES string of the molecule is CCCOc1ccc(/C=C/C(=O)N2CCC(C)CC2)cc1. The summed E-state index contributed by atoms with van der Waals surface area (Å²) in [5.74, 6) is 1.74. The first kappa shape index (κ1) is 15.6. The monoisotopic (exact) mass is 287 g/mol. The summed E-state index contributed by atoms with van der Waals surface area (Å²) < 4.78 is 5.54. The first-order valence-corrected chi connectivity index (χ1v) is 7.89. The van der Waals surface area contributed by atoms with Crippen molar-refractivity contribution in [3.8, 4) is 5.75 Å². The topological polar surface area (TPSA) is 29.5 Å². The van der Waals surface area contributed by atoms with Gasteiger partial charge in [-0.15, -0.1) is 0 Å². The number of likely N-dealkylation sites (tertiary alicyclic amines) is 1. The number of ether oxygens (including phenoxy) is 1. The quantitative estimate of drug-likeness (QED) is 0.772. The Balaban J connectivity index is 1.86. The molecule has 1 aromatic carbocycles. The number of carbonyl (C=O) groups excluding carboxylic acids is 1. The fourth-order valence-electron chi connectivity index (χ4n) is 2.40. The lowest BCUT2D eigenvalue weighted by molar-refractivity contribution is -0.127. The highest BCUT2D eigenvalue weighted by Gasteiger charge is 2.18. The van der Waals surface area contributed by atoms with Crippen LogP contribution in [0.25, 0.3) is 6.08 Å². The molecular weight excluding hydrogens is 262 g/mol. The van der Waals surface area contributed by atoms with Gasteiger partial charge >= 0.3 is 0 Å². The fourth-order valence-corrected chi connectivity index (χ4v) is 2.40. The van der Waals surface area contributed by atoms with Crippen LogP contribution in [-0.4, -0.2) is 30.5 Å². The molecule has 21 heavy (non-hydrogen) atoms. The Bertz CT molecular complexity index is 470. The molecule has 1 saturated heterocycles. The number of benzene rings is 1. The molecule has 0 unspecified atom stereocenters. The summed E-state index contributed by atoms with van der Waals surface area (Å²) in [7, 11) is 0. The molecule has 1 amide bonds. The Labute approximate surface area is 127 Å². The lowest BCUT2D eigenvalue weighted by atomic mass is 9.99. The lowest BCUT2D eigenvalue weighted by Crippen LogP contribution is -2.36. The lowest BCUT2D eigenvalue weighted by Gasteiger charge is -2.29. The third kappa shape index (κ3) is 4.92. The molecule has 3 heteroatoms. The van der Waals surface area contributed by atoms with Crippen LogP contribution in [0.2, 0.25) is 0 Å². The van der Waals surface area contributed by atoms with Crippen molar-refractivity contribution in [1.82, 2.24) is 4.90 Å².